The number of pyridine rings is 1. The number of halogens is 1. The molecule has 0 aliphatic rings. The average molecular weight is 423 g/mol. The number of nitriles is 1. The van der Waals surface area contributed by atoms with Gasteiger partial charge < -0.3 is 10.6 Å². The van der Waals surface area contributed by atoms with Crippen LogP contribution in [0.2, 0.25) is 5.02 Å². The van der Waals surface area contributed by atoms with Crippen molar-refractivity contribution in [2.75, 3.05) is 16.4 Å². The number of para-hydroxylation sites is 1. The van der Waals surface area contributed by atoms with Crippen LogP contribution in [-0.2, 0) is 4.79 Å². The second kappa shape index (κ2) is 9.73. The Balaban J connectivity index is 1.65. The first-order valence-corrected chi connectivity index (χ1v) is 9.86. The molecule has 29 heavy (non-hydrogen) atoms. The number of anilines is 2. The van der Waals surface area contributed by atoms with Crippen molar-refractivity contribution in [1.29, 1.82) is 5.26 Å². The zero-order chi connectivity index (χ0) is 20.6. The smallest absolute Gasteiger partial charge is 0.257 e. The minimum absolute atomic E-state index is 0.0923. The van der Waals surface area contributed by atoms with Crippen LogP contribution in [0, 0.1) is 11.3 Å². The van der Waals surface area contributed by atoms with Gasteiger partial charge in [-0.25, -0.2) is 4.98 Å². The third-order valence-electron chi connectivity index (χ3n) is 3.76. The number of hydrogen-bond acceptors (Lipinski definition) is 5. The van der Waals surface area contributed by atoms with Crippen molar-refractivity contribution < 1.29 is 9.59 Å². The minimum Gasteiger partial charge on any atom is -0.325 e. The predicted molar refractivity (Wildman–Crippen MR) is 114 cm³/mol. The number of carbonyl (C=O) groups is 2. The van der Waals surface area contributed by atoms with Gasteiger partial charge in [-0.15, -0.1) is 0 Å². The molecule has 0 spiro atoms. The molecule has 0 unspecified atom stereocenters. The summed E-state index contributed by atoms with van der Waals surface area (Å²) in [5.41, 5.74) is 1.82. The molecule has 0 atom stereocenters. The molecule has 6 nitrogen and oxygen atoms in total. The van der Waals surface area contributed by atoms with Crippen molar-refractivity contribution >= 4 is 46.6 Å². The van der Waals surface area contributed by atoms with E-state index < -0.39 is 0 Å². The fourth-order valence-electron chi connectivity index (χ4n) is 2.41. The molecule has 0 fully saturated rings. The van der Waals surface area contributed by atoms with Crippen molar-refractivity contribution in [2.24, 2.45) is 0 Å². The number of thioether (sulfide) groups is 1. The van der Waals surface area contributed by atoms with Crippen LogP contribution in [0.3, 0.4) is 0 Å². The van der Waals surface area contributed by atoms with Gasteiger partial charge >= 0.3 is 0 Å². The topological polar surface area (TPSA) is 94.9 Å². The summed E-state index contributed by atoms with van der Waals surface area (Å²) in [6.45, 7) is 0. The summed E-state index contributed by atoms with van der Waals surface area (Å²) in [6, 6.07) is 18.7. The van der Waals surface area contributed by atoms with Gasteiger partial charge in [-0.1, -0.05) is 35.5 Å². The molecular weight excluding hydrogens is 408 g/mol. The molecule has 8 heteroatoms. The highest BCUT2D eigenvalue weighted by molar-refractivity contribution is 7.99. The van der Waals surface area contributed by atoms with Gasteiger partial charge in [0.25, 0.3) is 5.91 Å². The molecule has 0 saturated carbocycles. The van der Waals surface area contributed by atoms with Crippen molar-refractivity contribution in [1.82, 2.24) is 4.98 Å². The van der Waals surface area contributed by atoms with Crippen LogP contribution in [0.4, 0.5) is 11.4 Å². The summed E-state index contributed by atoms with van der Waals surface area (Å²) in [5, 5.41) is 15.6. The first kappa shape index (κ1) is 20.4. The van der Waals surface area contributed by atoms with Crippen LogP contribution < -0.4 is 10.6 Å². The molecule has 2 N–H and O–H groups in total. The number of rotatable bonds is 6. The molecule has 0 aliphatic carbocycles. The maximum atomic E-state index is 12.6. The van der Waals surface area contributed by atoms with Crippen molar-refractivity contribution in [3.63, 3.8) is 0 Å². The van der Waals surface area contributed by atoms with Gasteiger partial charge in [0.1, 0.15) is 0 Å². The lowest BCUT2D eigenvalue weighted by molar-refractivity contribution is -0.113. The maximum absolute atomic E-state index is 12.6. The largest absolute Gasteiger partial charge is 0.325 e. The van der Waals surface area contributed by atoms with E-state index in [0.717, 1.165) is 0 Å². The Morgan fingerprint density at radius 1 is 1.07 bits per heavy atom. The second-order valence-electron chi connectivity index (χ2n) is 5.84. The van der Waals surface area contributed by atoms with Gasteiger partial charge in [-0.3, -0.25) is 9.59 Å². The van der Waals surface area contributed by atoms with Crippen molar-refractivity contribution in [3.8, 4) is 6.07 Å². The molecule has 0 radical (unpaired) electrons. The summed E-state index contributed by atoms with van der Waals surface area (Å²) >= 11 is 7.06. The number of nitrogens with zero attached hydrogens (tertiary/aromatic N) is 2. The number of aromatic nitrogens is 1. The molecule has 2 amide bonds. The second-order valence-corrected chi connectivity index (χ2v) is 7.27. The number of amides is 2. The SMILES string of the molecule is N#Cc1ccnc(SCC(=O)Nc2ccccc2C(=O)Nc2ccc(Cl)cc2)c1. The van der Waals surface area contributed by atoms with E-state index in [0.29, 0.717) is 32.6 Å². The third kappa shape index (κ3) is 5.82. The molecule has 1 heterocycles. The van der Waals surface area contributed by atoms with Crippen LogP contribution in [0.15, 0.2) is 71.9 Å². The zero-order valence-electron chi connectivity index (χ0n) is 15.1. The number of carbonyl (C=O) groups excluding carboxylic acids is 2. The lowest BCUT2D eigenvalue weighted by Gasteiger charge is -2.11. The van der Waals surface area contributed by atoms with Gasteiger partial charge in [0, 0.05) is 16.9 Å². The Hall–Kier alpha value is -3.34. The van der Waals surface area contributed by atoms with E-state index >= 15 is 0 Å². The molecule has 1 aromatic heterocycles. The molecule has 2 aromatic carbocycles. The zero-order valence-corrected chi connectivity index (χ0v) is 16.6. The molecule has 3 aromatic rings. The monoisotopic (exact) mass is 422 g/mol. The Bertz CT molecular complexity index is 1080. The number of benzene rings is 2. The Labute approximate surface area is 176 Å². The van der Waals surface area contributed by atoms with E-state index in [9.17, 15) is 9.59 Å². The lowest BCUT2D eigenvalue weighted by Crippen LogP contribution is -2.19. The quantitative estimate of drug-likeness (QED) is 0.566. The van der Waals surface area contributed by atoms with Gasteiger partial charge in [-0.05, 0) is 48.5 Å². The first-order chi connectivity index (χ1) is 14.0. The summed E-state index contributed by atoms with van der Waals surface area (Å²) in [4.78, 5) is 29.1. The van der Waals surface area contributed by atoms with Gasteiger partial charge in [0.05, 0.1) is 33.7 Å². The van der Waals surface area contributed by atoms with Crippen molar-refractivity contribution in [3.05, 3.63) is 83.0 Å². The predicted octanol–water partition coefficient (Wildman–Crippen LogP) is 4.59. The van der Waals surface area contributed by atoms with Gasteiger partial charge in [0.15, 0.2) is 0 Å². The highest BCUT2D eigenvalue weighted by atomic mass is 35.5. The summed E-state index contributed by atoms with van der Waals surface area (Å²) in [5.74, 6) is -0.542. The van der Waals surface area contributed by atoms with E-state index in [2.05, 4.69) is 15.6 Å². The van der Waals surface area contributed by atoms with Crippen LogP contribution in [0.1, 0.15) is 15.9 Å². The van der Waals surface area contributed by atoms with Crippen LogP contribution in [-0.4, -0.2) is 22.6 Å². The van der Waals surface area contributed by atoms with Crippen LogP contribution in [0.25, 0.3) is 0 Å². The summed E-state index contributed by atoms with van der Waals surface area (Å²) in [7, 11) is 0. The van der Waals surface area contributed by atoms with E-state index in [4.69, 9.17) is 16.9 Å². The van der Waals surface area contributed by atoms with Crippen LogP contribution in [0.5, 0.6) is 0 Å². The first-order valence-electron chi connectivity index (χ1n) is 8.50. The molecule has 0 bridgehead atoms. The minimum atomic E-state index is -0.348. The Kier molecular flexibility index (Phi) is 6.85. The van der Waals surface area contributed by atoms with E-state index in [1.807, 2.05) is 6.07 Å². The molecule has 144 valence electrons. The fraction of sp³-hybridized carbons (Fsp3) is 0.0476. The fourth-order valence-corrected chi connectivity index (χ4v) is 3.23. The van der Waals surface area contributed by atoms with Gasteiger partial charge in [-0.2, -0.15) is 5.26 Å². The van der Waals surface area contributed by atoms with Gasteiger partial charge in [0.2, 0.25) is 5.91 Å². The maximum Gasteiger partial charge on any atom is 0.257 e. The standard InChI is InChI=1S/C21H15ClN4O2S/c22-15-5-7-16(8-6-15)25-21(28)17-3-1-2-4-18(17)26-19(27)13-29-20-11-14(12-23)9-10-24-20/h1-11H,13H2,(H,25,28)(H,26,27). The normalized spacial score (nSPS) is 10.1. The number of hydrogen-bond donors (Lipinski definition) is 2. The highest BCUT2D eigenvalue weighted by Gasteiger charge is 2.14. The summed E-state index contributed by atoms with van der Waals surface area (Å²) < 4.78 is 0. The molecule has 0 aliphatic heterocycles. The van der Waals surface area contributed by atoms with Crippen LogP contribution >= 0.6 is 23.4 Å². The summed E-state index contributed by atoms with van der Waals surface area (Å²) in [6.07, 6.45) is 1.52. The van der Waals surface area contributed by atoms with E-state index in [-0.39, 0.29) is 17.6 Å². The highest BCUT2D eigenvalue weighted by Crippen LogP contribution is 2.20. The van der Waals surface area contributed by atoms with Crippen molar-refractivity contribution in [2.45, 2.75) is 5.03 Å². The van der Waals surface area contributed by atoms with E-state index in [1.165, 1.54) is 18.0 Å². The molecular formula is C21H15ClN4O2S. The molecule has 3 rings (SSSR count). The number of nitrogens with one attached hydrogen (secondary N) is 2. The average Bonchev–Trinajstić information content (AvgIpc) is 2.74. The Morgan fingerprint density at radius 3 is 2.59 bits per heavy atom. The van der Waals surface area contributed by atoms with E-state index in [1.54, 1.807) is 60.7 Å². The molecule has 0 saturated heterocycles. The Morgan fingerprint density at radius 2 is 1.83 bits per heavy atom. The third-order valence-corrected chi connectivity index (χ3v) is 4.94. The lowest BCUT2D eigenvalue weighted by atomic mass is 10.1.